The van der Waals surface area contributed by atoms with Crippen LogP contribution in [0.25, 0.3) is 0 Å². The Bertz CT molecular complexity index is 503. The zero-order valence-corrected chi connectivity index (χ0v) is 11.7. The first-order valence-electron chi connectivity index (χ1n) is 5.64. The molecule has 1 rings (SSSR count). The maximum Gasteiger partial charge on any atom is 0.356 e. The molecule has 0 radical (unpaired) electrons. The van der Waals surface area contributed by atoms with Gasteiger partial charge >= 0.3 is 5.97 Å². The minimum absolute atomic E-state index is 0.0728. The topological polar surface area (TPSA) is 91.3 Å². The van der Waals surface area contributed by atoms with Crippen molar-refractivity contribution >= 4 is 29.3 Å². The van der Waals surface area contributed by atoms with Crippen LogP contribution in [0.2, 0.25) is 5.02 Å². The summed E-state index contributed by atoms with van der Waals surface area (Å²) < 4.78 is 0. The Kier molecular flexibility index (Phi) is 4.72. The number of anilines is 1. The SMILES string of the molecule is CNC(=O)C(C)(C)CNc1ccc(Cl)c(C(=O)O)n1. The summed E-state index contributed by atoms with van der Waals surface area (Å²) in [6.45, 7) is 3.86. The van der Waals surface area contributed by atoms with Crippen molar-refractivity contribution in [1.82, 2.24) is 10.3 Å². The Labute approximate surface area is 116 Å². The number of carboxylic acid groups (broad SMARTS) is 1. The number of carbonyl (C=O) groups excluding carboxylic acids is 1. The molecule has 0 aliphatic heterocycles. The lowest BCUT2D eigenvalue weighted by atomic mass is 9.92. The predicted octanol–water partition coefficient (Wildman–Crippen LogP) is 1.62. The summed E-state index contributed by atoms with van der Waals surface area (Å²) in [6.07, 6.45) is 0. The Hall–Kier alpha value is -1.82. The molecular weight excluding hydrogens is 270 g/mol. The van der Waals surface area contributed by atoms with Gasteiger partial charge < -0.3 is 15.7 Å². The molecule has 0 saturated carbocycles. The number of nitrogens with zero attached hydrogens (tertiary/aromatic N) is 1. The predicted molar refractivity (Wildman–Crippen MR) is 72.5 cm³/mol. The summed E-state index contributed by atoms with van der Waals surface area (Å²) in [5.74, 6) is -0.953. The lowest BCUT2D eigenvalue weighted by molar-refractivity contribution is -0.128. The van der Waals surface area contributed by atoms with E-state index in [9.17, 15) is 9.59 Å². The quantitative estimate of drug-likeness (QED) is 0.764. The van der Waals surface area contributed by atoms with Gasteiger partial charge in [0, 0.05) is 13.6 Å². The molecule has 0 fully saturated rings. The Morgan fingerprint density at radius 1 is 1.42 bits per heavy atom. The number of carboxylic acids is 1. The largest absolute Gasteiger partial charge is 0.476 e. The molecule has 0 aliphatic rings. The van der Waals surface area contributed by atoms with E-state index in [0.29, 0.717) is 12.4 Å². The molecule has 1 amide bonds. The fraction of sp³-hybridized carbons (Fsp3) is 0.417. The van der Waals surface area contributed by atoms with Crippen LogP contribution in [-0.2, 0) is 4.79 Å². The van der Waals surface area contributed by atoms with Crippen molar-refractivity contribution in [2.45, 2.75) is 13.8 Å². The lowest BCUT2D eigenvalue weighted by Gasteiger charge is -2.23. The summed E-state index contributed by atoms with van der Waals surface area (Å²) in [5, 5.41) is 14.5. The third kappa shape index (κ3) is 3.82. The van der Waals surface area contributed by atoms with Crippen LogP contribution in [0.1, 0.15) is 24.3 Å². The minimum Gasteiger partial charge on any atom is -0.476 e. The Balaban J connectivity index is 2.82. The maximum atomic E-state index is 11.6. The van der Waals surface area contributed by atoms with E-state index in [1.165, 1.54) is 6.07 Å². The van der Waals surface area contributed by atoms with Crippen LogP contribution in [0.15, 0.2) is 12.1 Å². The number of pyridine rings is 1. The van der Waals surface area contributed by atoms with Crippen molar-refractivity contribution in [1.29, 1.82) is 0 Å². The molecule has 6 nitrogen and oxygen atoms in total. The van der Waals surface area contributed by atoms with Crippen LogP contribution in [0, 0.1) is 5.41 Å². The fourth-order valence-electron chi connectivity index (χ4n) is 1.42. The van der Waals surface area contributed by atoms with Gasteiger partial charge in [-0.05, 0) is 26.0 Å². The molecule has 3 N–H and O–H groups in total. The average molecular weight is 286 g/mol. The number of halogens is 1. The van der Waals surface area contributed by atoms with Crippen molar-refractivity contribution in [2.75, 3.05) is 18.9 Å². The minimum atomic E-state index is -1.20. The summed E-state index contributed by atoms with van der Waals surface area (Å²) in [4.78, 5) is 26.4. The second-order valence-corrected chi connectivity index (χ2v) is 5.06. The summed E-state index contributed by atoms with van der Waals surface area (Å²) in [7, 11) is 1.56. The van der Waals surface area contributed by atoms with Crippen molar-refractivity contribution in [3.63, 3.8) is 0 Å². The van der Waals surface area contributed by atoms with Gasteiger partial charge in [-0.25, -0.2) is 9.78 Å². The number of carbonyl (C=O) groups is 2. The van der Waals surface area contributed by atoms with E-state index in [1.54, 1.807) is 27.0 Å². The molecule has 1 aromatic rings. The molecule has 0 atom stereocenters. The Morgan fingerprint density at radius 3 is 2.58 bits per heavy atom. The molecular formula is C12H16ClN3O3. The van der Waals surface area contributed by atoms with E-state index in [4.69, 9.17) is 16.7 Å². The van der Waals surface area contributed by atoms with Crippen LogP contribution < -0.4 is 10.6 Å². The summed E-state index contributed by atoms with van der Waals surface area (Å²) in [6, 6.07) is 3.02. The maximum absolute atomic E-state index is 11.6. The number of aromatic carboxylic acids is 1. The zero-order chi connectivity index (χ0) is 14.6. The van der Waals surface area contributed by atoms with Crippen LogP contribution in [0.3, 0.4) is 0 Å². The highest BCUT2D eigenvalue weighted by Crippen LogP contribution is 2.19. The normalized spacial score (nSPS) is 10.9. The first-order chi connectivity index (χ1) is 8.77. The number of hydrogen-bond acceptors (Lipinski definition) is 4. The molecule has 0 saturated heterocycles. The number of amides is 1. The van der Waals surface area contributed by atoms with Crippen molar-refractivity contribution in [2.24, 2.45) is 5.41 Å². The van der Waals surface area contributed by atoms with E-state index >= 15 is 0 Å². The standard InChI is InChI=1S/C12H16ClN3O3/c1-12(2,11(19)14-3)6-15-8-5-4-7(13)9(16-8)10(17)18/h4-5H,6H2,1-3H3,(H,14,19)(H,15,16)(H,17,18). The fourth-order valence-corrected chi connectivity index (χ4v) is 1.61. The summed E-state index contributed by atoms with van der Waals surface area (Å²) in [5.41, 5.74) is -0.858. The van der Waals surface area contributed by atoms with Crippen LogP contribution in [-0.4, -0.2) is 35.6 Å². The van der Waals surface area contributed by atoms with Gasteiger partial charge in [0.25, 0.3) is 0 Å². The smallest absolute Gasteiger partial charge is 0.356 e. The number of nitrogens with one attached hydrogen (secondary N) is 2. The number of rotatable bonds is 5. The average Bonchev–Trinajstić information content (AvgIpc) is 2.36. The number of aromatic nitrogens is 1. The Morgan fingerprint density at radius 2 is 2.05 bits per heavy atom. The van der Waals surface area contributed by atoms with E-state index in [1.807, 2.05) is 0 Å². The van der Waals surface area contributed by atoms with Crippen molar-refractivity contribution < 1.29 is 14.7 Å². The van der Waals surface area contributed by atoms with Crippen LogP contribution in [0.4, 0.5) is 5.82 Å². The summed E-state index contributed by atoms with van der Waals surface area (Å²) >= 11 is 5.72. The molecule has 0 spiro atoms. The molecule has 7 heteroatoms. The van der Waals surface area contributed by atoms with Crippen LogP contribution >= 0.6 is 11.6 Å². The molecule has 1 heterocycles. The van der Waals surface area contributed by atoms with E-state index in [2.05, 4.69) is 15.6 Å². The van der Waals surface area contributed by atoms with Crippen molar-refractivity contribution in [3.05, 3.63) is 22.8 Å². The second kappa shape index (κ2) is 5.88. The van der Waals surface area contributed by atoms with Gasteiger partial charge in [-0.2, -0.15) is 0 Å². The molecule has 19 heavy (non-hydrogen) atoms. The highest BCUT2D eigenvalue weighted by molar-refractivity contribution is 6.33. The third-order valence-electron chi connectivity index (χ3n) is 2.60. The number of hydrogen-bond donors (Lipinski definition) is 3. The van der Waals surface area contributed by atoms with E-state index < -0.39 is 11.4 Å². The van der Waals surface area contributed by atoms with Gasteiger partial charge in [0.05, 0.1) is 10.4 Å². The van der Waals surface area contributed by atoms with E-state index in [-0.39, 0.29) is 16.6 Å². The molecule has 104 valence electrons. The molecule has 1 aromatic heterocycles. The third-order valence-corrected chi connectivity index (χ3v) is 2.91. The van der Waals surface area contributed by atoms with Crippen LogP contribution in [0.5, 0.6) is 0 Å². The van der Waals surface area contributed by atoms with Gasteiger partial charge in [-0.3, -0.25) is 4.79 Å². The first-order valence-corrected chi connectivity index (χ1v) is 6.01. The van der Waals surface area contributed by atoms with Gasteiger partial charge in [-0.15, -0.1) is 0 Å². The molecule has 0 aromatic carbocycles. The lowest BCUT2D eigenvalue weighted by Crippen LogP contribution is -2.39. The van der Waals surface area contributed by atoms with Gasteiger partial charge in [0.1, 0.15) is 5.82 Å². The monoisotopic (exact) mass is 285 g/mol. The van der Waals surface area contributed by atoms with Gasteiger partial charge in [0.15, 0.2) is 5.69 Å². The molecule has 0 aliphatic carbocycles. The van der Waals surface area contributed by atoms with Gasteiger partial charge in [0.2, 0.25) is 5.91 Å². The second-order valence-electron chi connectivity index (χ2n) is 4.65. The molecule has 0 bridgehead atoms. The van der Waals surface area contributed by atoms with E-state index in [0.717, 1.165) is 0 Å². The first kappa shape index (κ1) is 15.2. The highest BCUT2D eigenvalue weighted by atomic mass is 35.5. The highest BCUT2D eigenvalue weighted by Gasteiger charge is 2.26. The van der Waals surface area contributed by atoms with Crippen molar-refractivity contribution in [3.8, 4) is 0 Å². The zero-order valence-electron chi connectivity index (χ0n) is 11.0. The molecule has 0 unspecified atom stereocenters. The van der Waals surface area contributed by atoms with Gasteiger partial charge in [-0.1, -0.05) is 11.6 Å².